The van der Waals surface area contributed by atoms with Gasteiger partial charge < -0.3 is 5.73 Å². The summed E-state index contributed by atoms with van der Waals surface area (Å²) in [6, 6.07) is 7.99. The van der Waals surface area contributed by atoms with Gasteiger partial charge in [0.1, 0.15) is 0 Å². The lowest BCUT2D eigenvalue weighted by molar-refractivity contribution is 0.874. The van der Waals surface area contributed by atoms with Gasteiger partial charge in [-0.1, -0.05) is 12.1 Å². The highest BCUT2D eigenvalue weighted by atomic mass is 79.9. The second-order valence-electron chi connectivity index (χ2n) is 3.28. The maximum atomic E-state index is 5.49. The minimum Gasteiger partial charge on any atom is -0.330 e. The molecule has 0 unspecified atom stereocenters. The Hall–Kier alpha value is -1.13. The van der Waals surface area contributed by atoms with Crippen LogP contribution in [-0.2, 0) is 6.42 Å². The average Bonchev–Trinajstić information content (AvgIpc) is 2.68. The Bertz CT molecular complexity index is 451. The molecule has 0 radical (unpaired) electrons. The molecule has 1 aromatic heterocycles. The van der Waals surface area contributed by atoms with E-state index in [1.165, 1.54) is 0 Å². The Morgan fingerprint density at radius 2 is 2.13 bits per heavy atom. The van der Waals surface area contributed by atoms with Crippen molar-refractivity contribution in [3.8, 4) is 5.69 Å². The second kappa shape index (κ2) is 4.59. The number of rotatable bonds is 3. The minimum absolute atomic E-state index is 0.654. The molecule has 0 aliphatic carbocycles. The molecule has 0 aliphatic rings. The van der Waals surface area contributed by atoms with Crippen LogP contribution < -0.4 is 5.73 Å². The molecule has 2 aromatic rings. The lowest BCUT2D eigenvalue weighted by Gasteiger charge is -2.02. The van der Waals surface area contributed by atoms with Gasteiger partial charge in [0.25, 0.3) is 0 Å². The summed E-state index contributed by atoms with van der Waals surface area (Å²) in [7, 11) is 0. The van der Waals surface area contributed by atoms with Crippen molar-refractivity contribution in [3.05, 3.63) is 46.7 Å². The summed E-state index contributed by atoms with van der Waals surface area (Å²) >= 11 is 3.50. The molecule has 1 heterocycles. The van der Waals surface area contributed by atoms with Crippen LogP contribution in [0.3, 0.4) is 0 Å². The maximum Gasteiger partial charge on any atom is 0.0787 e. The third-order valence-electron chi connectivity index (χ3n) is 2.17. The van der Waals surface area contributed by atoms with E-state index in [0.29, 0.717) is 6.54 Å². The molecule has 0 saturated heterocycles. The molecule has 4 heteroatoms. The predicted octanol–water partition coefficient (Wildman–Crippen LogP) is 2.14. The lowest BCUT2D eigenvalue weighted by atomic mass is 10.2. The molecule has 78 valence electrons. The summed E-state index contributed by atoms with van der Waals surface area (Å²) in [5.41, 5.74) is 7.69. The number of benzene rings is 1. The van der Waals surface area contributed by atoms with Gasteiger partial charge in [0, 0.05) is 10.7 Å². The van der Waals surface area contributed by atoms with Crippen molar-refractivity contribution in [2.75, 3.05) is 6.54 Å². The van der Waals surface area contributed by atoms with Crippen LogP contribution in [0.15, 0.2) is 41.1 Å². The first kappa shape index (κ1) is 10.4. The van der Waals surface area contributed by atoms with E-state index in [-0.39, 0.29) is 0 Å². The molecule has 0 aliphatic heterocycles. The summed E-state index contributed by atoms with van der Waals surface area (Å²) in [6.07, 6.45) is 4.73. The van der Waals surface area contributed by atoms with E-state index in [9.17, 15) is 0 Å². The summed E-state index contributed by atoms with van der Waals surface area (Å²) in [4.78, 5) is 0. The van der Waals surface area contributed by atoms with Crippen molar-refractivity contribution >= 4 is 15.9 Å². The smallest absolute Gasteiger partial charge is 0.0787 e. The van der Waals surface area contributed by atoms with Crippen LogP contribution in [0.1, 0.15) is 5.56 Å². The van der Waals surface area contributed by atoms with Crippen LogP contribution in [0, 0.1) is 0 Å². The second-order valence-corrected chi connectivity index (χ2v) is 4.14. The first-order valence-electron chi connectivity index (χ1n) is 4.80. The lowest BCUT2D eigenvalue weighted by Crippen LogP contribution is -2.01. The number of aromatic nitrogens is 2. The summed E-state index contributed by atoms with van der Waals surface area (Å²) in [5, 5.41) is 4.30. The molecule has 3 nitrogen and oxygen atoms in total. The average molecular weight is 266 g/mol. The molecule has 2 rings (SSSR count). The molecule has 0 atom stereocenters. The SMILES string of the molecule is NCCc1cnn(-c2ccccc2Br)c1. The van der Waals surface area contributed by atoms with Gasteiger partial charge in [-0.2, -0.15) is 5.10 Å². The van der Waals surface area contributed by atoms with Crippen molar-refractivity contribution in [3.63, 3.8) is 0 Å². The third-order valence-corrected chi connectivity index (χ3v) is 2.84. The van der Waals surface area contributed by atoms with Gasteiger partial charge in [0.15, 0.2) is 0 Å². The Morgan fingerprint density at radius 3 is 2.87 bits per heavy atom. The Balaban J connectivity index is 2.33. The number of nitrogens with zero attached hydrogens (tertiary/aromatic N) is 2. The van der Waals surface area contributed by atoms with Crippen LogP contribution >= 0.6 is 15.9 Å². The van der Waals surface area contributed by atoms with Gasteiger partial charge >= 0.3 is 0 Å². The van der Waals surface area contributed by atoms with Crippen molar-refractivity contribution in [2.45, 2.75) is 6.42 Å². The molecule has 0 fully saturated rings. The first-order valence-corrected chi connectivity index (χ1v) is 5.59. The highest BCUT2D eigenvalue weighted by Gasteiger charge is 2.03. The van der Waals surface area contributed by atoms with E-state index in [1.807, 2.05) is 41.3 Å². The monoisotopic (exact) mass is 265 g/mol. The van der Waals surface area contributed by atoms with Gasteiger partial charge in [-0.3, -0.25) is 0 Å². The number of nitrogens with two attached hydrogens (primary N) is 1. The maximum absolute atomic E-state index is 5.49. The fraction of sp³-hybridized carbons (Fsp3) is 0.182. The molecule has 2 N–H and O–H groups in total. The van der Waals surface area contributed by atoms with E-state index >= 15 is 0 Å². The highest BCUT2D eigenvalue weighted by molar-refractivity contribution is 9.10. The quantitative estimate of drug-likeness (QED) is 0.924. The van der Waals surface area contributed by atoms with Gasteiger partial charge in [-0.15, -0.1) is 0 Å². The molecule has 0 bridgehead atoms. The van der Waals surface area contributed by atoms with E-state index in [2.05, 4.69) is 21.0 Å². The van der Waals surface area contributed by atoms with E-state index in [4.69, 9.17) is 5.73 Å². The molecule has 0 amide bonds. The number of hydrogen-bond acceptors (Lipinski definition) is 2. The highest BCUT2D eigenvalue weighted by Crippen LogP contribution is 2.19. The van der Waals surface area contributed by atoms with Crippen molar-refractivity contribution in [1.82, 2.24) is 9.78 Å². The van der Waals surface area contributed by atoms with Gasteiger partial charge in [-0.25, -0.2) is 4.68 Å². The van der Waals surface area contributed by atoms with Gasteiger partial charge in [-0.05, 0) is 46.6 Å². The van der Waals surface area contributed by atoms with Crippen LogP contribution in [0.25, 0.3) is 5.69 Å². The standard InChI is InChI=1S/C11H12BrN3/c12-10-3-1-2-4-11(10)15-8-9(5-6-13)7-14-15/h1-4,7-8H,5-6,13H2. The van der Waals surface area contributed by atoms with E-state index in [0.717, 1.165) is 22.1 Å². The van der Waals surface area contributed by atoms with E-state index in [1.54, 1.807) is 0 Å². The van der Waals surface area contributed by atoms with Crippen LogP contribution in [0.5, 0.6) is 0 Å². The number of hydrogen-bond donors (Lipinski definition) is 1. The van der Waals surface area contributed by atoms with E-state index < -0.39 is 0 Å². The normalized spacial score (nSPS) is 10.5. The fourth-order valence-electron chi connectivity index (χ4n) is 1.43. The summed E-state index contributed by atoms with van der Waals surface area (Å²) < 4.78 is 2.89. The largest absolute Gasteiger partial charge is 0.330 e. The Morgan fingerprint density at radius 1 is 1.33 bits per heavy atom. The van der Waals surface area contributed by atoms with Crippen molar-refractivity contribution in [1.29, 1.82) is 0 Å². The number of para-hydroxylation sites is 1. The molecular formula is C11H12BrN3. The zero-order valence-corrected chi connectivity index (χ0v) is 9.81. The first-order chi connectivity index (χ1) is 7.31. The Kier molecular flexibility index (Phi) is 3.18. The van der Waals surface area contributed by atoms with Gasteiger partial charge in [0.05, 0.1) is 11.9 Å². The summed E-state index contributed by atoms with van der Waals surface area (Å²) in [6.45, 7) is 0.654. The molecule has 0 spiro atoms. The zero-order valence-electron chi connectivity index (χ0n) is 8.23. The fourth-order valence-corrected chi connectivity index (χ4v) is 1.89. The molecule has 0 saturated carbocycles. The van der Waals surface area contributed by atoms with Gasteiger partial charge in [0.2, 0.25) is 0 Å². The predicted molar refractivity (Wildman–Crippen MR) is 64.0 cm³/mol. The molecule has 15 heavy (non-hydrogen) atoms. The minimum atomic E-state index is 0.654. The zero-order chi connectivity index (χ0) is 10.7. The topological polar surface area (TPSA) is 43.8 Å². The van der Waals surface area contributed by atoms with Crippen molar-refractivity contribution < 1.29 is 0 Å². The van der Waals surface area contributed by atoms with Crippen LogP contribution in [0.2, 0.25) is 0 Å². The molecule has 1 aromatic carbocycles. The third kappa shape index (κ3) is 2.27. The van der Waals surface area contributed by atoms with Crippen LogP contribution in [-0.4, -0.2) is 16.3 Å². The number of halogens is 1. The Labute approximate surface area is 97.0 Å². The molecular weight excluding hydrogens is 254 g/mol. The summed E-state index contributed by atoms with van der Waals surface area (Å²) in [5.74, 6) is 0. The van der Waals surface area contributed by atoms with Crippen molar-refractivity contribution in [2.24, 2.45) is 5.73 Å². The van der Waals surface area contributed by atoms with Crippen LogP contribution in [0.4, 0.5) is 0 Å².